The van der Waals surface area contributed by atoms with Crippen LogP contribution in [0.1, 0.15) is 16.3 Å². The molecule has 0 saturated carbocycles. The Labute approximate surface area is 158 Å². The van der Waals surface area contributed by atoms with Crippen molar-refractivity contribution < 1.29 is 13.9 Å². The summed E-state index contributed by atoms with van der Waals surface area (Å²) in [6, 6.07) is 8.25. The number of carbonyl (C=O) groups is 1. The molecule has 0 aliphatic carbocycles. The van der Waals surface area contributed by atoms with Gasteiger partial charge in [0.1, 0.15) is 5.76 Å². The Morgan fingerprint density at radius 3 is 2.96 bits per heavy atom. The largest absolute Gasteiger partial charge is 0.463 e. The van der Waals surface area contributed by atoms with Crippen molar-refractivity contribution in [3.63, 3.8) is 0 Å². The van der Waals surface area contributed by atoms with Crippen molar-refractivity contribution in [1.29, 1.82) is 0 Å². The minimum Gasteiger partial charge on any atom is -0.463 e. The highest BCUT2D eigenvalue weighted by Gasteiger charge is 2.14. The van der Waals surface area contributed by atoms with E-state index in [1.807, 2.05) is 0 Å². The molecule has 0 spiro atoms. The van der Waals surface area contributed by atoms with Crippen LogP contribution in [0.4, 0.5) is 0 Å². The molecule has 0 aliphatic rings. The molecule has 1 aromatic carbocycles. The van der Waals surface area contributed by atoms with Crippen LogP contribution in [-0.4, -0.2) is 22.6 Å². The number of fused-ring (bicyclic) bond motifs is 1. The predicted octanol–water partition coefficient (Wildman–Crippen LogP) is 3.91. The van der Waals surface area contributed by atoms with E-state index in [0.717, 1.165) is 0 Å². The molecule has 2 heterocycles. The fourth-order valence-corrected chi connectivity index (χ4v) is 3.45. The van der Waals surface area contributed by atoms with Crippen molar-refractivity contribution in [2.75, 3.05) is 7.11 Å². The summed E-state index contributed by atoms with van der Waals surface area (Å²) in [7, 11) is 1.29. The molecule has 0 amide bonds. The van der Waals surface area contributed by atoms with Crippen molar-refractivity contribution in [1.82, 2.24) is 9.55 Å². The SMILES string of the molecule is C=CCn1c(SCc2ccc(C(=O)OC)o2)nc2ccc(Cl)cc2c1=O. The van der Waals surface area contributed by atoms with E-state index in [1.165, 1.54) is 23.4 Å². The zero-order chi connectivity index (χ0) is 18.7. The summed E-state index contributed by atoms with van der Waals surface area (Å²) in [5, 5.41) is 1.46. The first-order chi connectivity index (χ1) is 12.5. The molecule has 0 fully saturated rings. The molecule has 0 atom stereocenters. The summed E-state index contributed by atoms with van der Waals surface area (Å²) < 4.78 is 11.6. The van der Waals surface area contributed by atoms with E-state index in [9.17, 15) is 9.59 Å². The van der Waals surface area contributed by atoms with E-state index < -0.39 is 5.97 Å². The highest BCUT2D eigenvalue weighted by atomic mass is 35.5. The molecule has 0 bridgehead atoms. The lowest BCUT2D eigenvalue weighted by Crippen LogP contribution is -2.22. The van der Waals surface area contributed by atoms with Gasteiger partial charge in [-0.2, -0.15) is 0 Å². The molecule has 0 unspecified atom stereocenters. The third-order valence-electron chi connectivity index (χ3n) is 3.58. The molecule has 6 nitrogen and oxygen atoms in total. The second kappa shape index (κ2) is 7.80. The standard InChI is InChI=1S/C18H15ClN2O4S/c1-3-8-21-16(22)13-9-11(19)4-6-14(13)20-18(21)26-10-12-5-7-15(25-12)17(23)24-2/h3-7,9H,1,8,10H2,2H3. The monoisotopic (exact) mass is 390 g/mol. The second-order valence-corrected chi connectivity index (χ2v) is 6.69. The summed E-state index contributed by atoms with van der Waals surface area (Å²) >= 11 is 7.32. The lowest BCUT2D eigenvalue weighted by molar-refractivity contribution is 0.0563. The maximum absolute atomic E-state index is 12.8. The van der Waals surface area contributed by atoms with E-state index in [0.29, 0.717) is 39.1 Å². The lowest BCUT2D eigenvalue weighted by atomic mass is 10.2. The van der Waals surface area contributed by atoms with Crippen molar-refractivity contribution in [3.8, 4) is 0 Å². The molecule has 0 N–H and O–H groups in total. The highest BCUT2D eigenvalue weighted by molar-refractivity contribution is 7.98. The molecule has 0 radical (unpaired) electrons. The molecular weight excluding hydrogens is 376 g/mol. The van der Waals surface area contributed by atoms with Crippen LogP contribution < -0.4 is 5.56 Å². The Bertz CT molecular complexity index is 1040. The number of hydrogen-bond acceptors (Lipinski definition) is 6. The number of nitrogens with zero attached hydrogens (tertiary/aromatic N) is 2. The smallest absolute Gasteiger partial charge is 0.373 e. The topological polar surface area (TPSA) is 74.3 Å². The number of carbonyl (C=O) groups excluding carboxylic acids is 1. The molecular formula is C18H15ClN2O4S. The van der Waals surface area contributed by atoms with Crippen LogP contribution in [0.15, 0.2) is 57.4 Å². The molecule has 2 aromatic heterocycles. The number of esters is 1. The van der Waals surface area contributed by atoms with Gasteiger partial charge in [0, 0.05) is 11.6 Å². The van der Waals surface area contributed by atoms with Gasteiger partial charge in [-0.1, -0.05) is 29.4 Å². The number of aromatic nitrogens is 2. The summed E-state index contributed by atoms with van der Waals surface area (Å²) in [4.78, 5) is 28.8. The predicted molar refractivity (Wildman–Crippen MR) is 101 cm³/mol. The molecule has 3 rings (SSSR count). The van der Waals surface area contributed by atoms with E-state index in [2.05, 4.69) is 16.3 Å². The van der Waals surface area contributed by atoms with Gasteiger partial charge in [0.15, 0.2) is 5.16 Å². The fourth-order valence-electron chi connectivity index (χ4n) is 2.37. The van der Waals surface area contributed by atoms with E-state index in [-0.39, 0.29) is 11.3 Å². The summed E-state index contributed by atoms with van der Waals surface area (Å²) in [5.41, 5.74) is 0.381. The van der Waals surface area contributed by atoms with Crippen LogP contribution >= 0.6 is 23.4 Å². The number of allylic oxidation sites excluding steroid dienone is 1. The van der Waals surface area contributed by atoms with E-state index >= 15 is 0 Å². The second-order valence-electron chi connectivity index (χ2n) is 5.31. The fraction of sp³-hybridized carbons (Fsp3) is 0.167. The van der Waals surface area contributed by atoms with Crippen LogP contribution in [0.25, 0.3) is 10.9 Å². The Morgan fingerprint density at radius 2 is 2.23 bits per heavy atom. The van der Waals surface area contributed by atoms with Gasteiger partial charge in [0.05, 0.1) is 23.8 Å². The van der Waals surface area contributed by atoms with Crippen molar-refractivity contribution in [2.45, 2.75) is 17.5 Å². The number of furan rings is 1. The average Bonchev–Trinajstić information content (AvgIpc) is 3.11. The van der Waals surface area contributed by atoms with Crippen LogP contribution in [0, 0.1) is 0 Å². The molecule has 0 saturated heterocycles. The van der Waals surface area contributed by atoms with Crippen LogP contribution in [-0.2, 0) is 17.0 Å². The number of ether oxygens (including phenoxy) is 1. The Balaban J connectivity index is 1.93. The number of halogens is 1. The van der Waals surface area contributed by atoms with E-state index in [1.54, 1.807) is 36.4 Å². The summed E-state index contributed by atoms with van der Waals surface area (Å²) in [5.74, 6) is 0.573. The molecule has 0 aliphatic heterocycles. The number of thioether (sulfide) groups is 1. The van der Waals surface area contributed by atoms with Crippen molar-refractivity contribution in [2.24, 2.45) is 0 Å². The van der Waals surface area contributed by atoms with Gasteiger partial charge in [-0.25, -0.2) is 9.78 Å². The lowest BCUT2D eigenvalue weighted by Gasteiger charge is -2.11. The van der Waals surface area contributed by atoms with Crippen LogP contribution in [0.3, 0.4) is 0 Å². The van der Waals surface area contributed by atoms with Gasteiger partial charge in [-0.15, -0.1) is 6.58 Å². The average molecular weight is 391 g/mol. The Morgan fingerprint density at radius 1 is 1.42 bits per heavy atom. The van der Waals surface area contributed by atoms with Gasteiger partial charge in [-0.05, 0) is 30.3 Å². The third kappa shape index (κ3) is 3.68. The zero-order valence-corrected chi connectivity index (χ0v) is 15.5. The quantitative estimate of drug-likeness (QED) is 0.275. The molecule has 134 valence electrons. The van der Waals surface area contributed by atoms with Crippen molar-refractivity contribution in [3.05, 3.63) is 69.9 Å². The summed E-state index contributed by atoms with van der Waals surface area (Å²) in [6.45, 7) is 4.02. The van der Waals surface area contributed by atoms with Crippen LogP contribution in [0.2, 0.25) is 5.02 Å². The van der Waals surface area contributed by atoms with Crippen LogP contribution in [0.5, 0.6) is 0 Å². The first-order valence-corrected chi connectivity index (χ1v) is 9.00. The number of rotatable bonds is 6. The van der Waals surface area contributed by atoms with Gasteiger partial charge >= 0.3 is 5.97 Å². The highest BCUT2D eigenvalue weighted by Crippen LogP contribution is 2.24. The normalized spacial score (nSPS) is 10.8. The van der Waals surface area contributed by atoms with Gasteiger partial charge in [0.2, 0.25) is 5.76 Å². The van der Waals surface area contributed by atoms with Gasteiger partial charge < -0.3 is 9.15 Å². The number of hydrogen-bond donors (Lipinski definition) is 0. The maximum atomic E-state index is 12.8. The Hall–Kier alpha value is -2.51. The van der Waals surface area contributed by atoms with Gasteiger partial charge in [0.25, 0.3) is 5.56 Å². The number of benzene rings is 1. The minimum atomic E-state index is -0.537. The maximum Gasteiger partial charge on any atom is 0.373 e. The van der Waals surface area contributed by atoms with E-state index in [4.69, 9.17) is 16.0 Å². The zero-order valence-electron chi connectivity index (χ0n) is 13.9. The Kier molecular flexibility index (Phi) is 5.49. The first kappa shape index (κ1) is 18.3. The minimum absolute atomic E-state index is 0.132. The first-order valence-electron chi connectivity index (χ1n) is 7.64. The summed E-state index contributed by atoms with van der Waals surface area (Å²) in [6.07, 6.45) is 1.63. The number of methoxy groups -OCH3 is 1. The third-order valence-corrected chi connectivity index (χ3v) is 4.82. The molecule has 8 heteroatoms. The molecule has 26 heavy (non-hydrogen) atoms. The van der Waals surface area contributed by atoms with Gasteiger partial charge in [-0.3, -0.25) is 9.36 Å². The molecule has 3 aromatic rings. The van der Waals surface area contributed by atoms with Crippen molar-refractivity contribution >= 4 is 40.2 Å².